The van der Waals surface area contributed by atoms with Crippen LogP contribution in [0.5, 0.6) is 0 Å². The third-order valence-electron chi connectivity index (χ3n) is 5.84. The molecule has 158 valence electrons. The van der Waals surface area contributed by atoms with Crippen molar-refractivity contribution in [2.45, 2.75) is 47.0 Å². The molecule has 0 aliphatic heterocycles. The number of hydrogen-bond donors (Lipinski definition) is 0. The first kappa shape index (κ1) is 22.6. The van der Waals surface area contributed by atoms with E-state index in [0.29, 0.717) is 0 Å². The highest BCUT2D eigenvalue weighted by molar-refractivity contribution is 5.71. The minimum Gasteiger partial charge on any atom is -0.0998 e. The van der Waals surface area contributed by atoms with E-state index in [4.69, 9.17) is 0 Å². The first-order chi connectivity index (χ1) is 14.7. The van der Waals surface area contributed by atoms with E-state index in [1.54, 1.807) is 0 Å². The van der Waals surface area contributed by atoms with Crippen LogP contribution in [0.2, 0.25) is 0 Å². The van der Waals surface area contributed by atoms with Crippen LogP contribution in [-0.4, -0.2) is 0 Å². The Morgan fingerprint density at radius 2 is 1.52 bits per heavy atom. The van der Waals surface area contributed by atoms with Gasteiger partial charge in [0.05, 0.1) is 0 Å². The van der Waals surface area contributed by atoms with Crippen LogP contribution in [-0.2, 0) is 12.8 Å². The maximum atomic E-state index is 4.44. The molecule has 0 aromatic heterocycles. The molecule has 0 atom stereocenters. The summed E-state index contributed by atoms with van der Waals surface area (Å²) in [7, 11) is 0. The normalized spacial score (nSPS) is 10.7. The highest BCUT2D eigenvalue weighted by atomic mass is 14.1. The number of benzene rings is 3. The molecule has 0 nitrogen and oxygen atoms in total. The fourth-order valence-corrected chi connectivity index (χ4v) is 4.13. The van der Waals surface area contributed by atoms with Gasteiger partial charge in [0.15, 0.2) is 0 Å². The van der Waals surface area contributed by atoms with E-state index in [-0.39, 0.29) is 0 Å². The number of rotatable bonds is 8. The molecule has 0 heteroatoms. The van der Waals surface area contributed by atoms with Gasteiger partial charge in [0, 0.05) is 0 Å². The summed E-state index contributed by atoms with van der Waals surface area (Å²) in [5, 5.41) is 0. The molecule has 0 saturated carbocycles. The molecule has 3 rings (SSSR count). The van der Waals surface area contributed by atoms with E-state index < -0.39 is 0 Å². The van der Waals surface area contributed by atoms with Crippen LogP contribution in [0.25, 0.3) is 11.1 Å². The summed E-state index contributed by atoms with van der Waals surface area (Å²) in [6.07, 6.45) is 2.62. The molecule has 0 spiro atoms. The molecule has 0 fully saturated rings. The second-order valence-corrected chi connectivity index (χ2v) is 8.97. The van der Waals surface area contributed by atoms with E-state index in [1.165, 1.54) is 44.5 Å². The van der Waals surface area contributed by atoms with Crippen molar-refractivity contribution < 1.29 is 0 Å². The fourth-order valence-electron chi connectivity index (χ4n) is 4.13. The second kappa shape index (κ2) is 9.79. The van der Waals surface area contributed by atoms with Crippen molar-refractivity contribution in [3.8, 4) is 0 Å². The molecule has 3 aromatic carbocycles. The van der Waals surface area contributed by atoms with Crippen LogP contribution in [0.3, 0.4) is 0 Å². The van der Waals surface area contributed by atoms with Crippen molar-refractivity contribution in [2.24, 2.45) is 0 Å². The maximum absolute atomic E-state index is 4.44. The molecule has 0 N–H and O–H groups in total. The van der Waals surface area contributed by atoms with Crippen molar-refractivity contribution in [3.05, 3.63) is 130 Å². The number of hydrogen-bond acceptors (Lipinski definition) is 0. The summed E-state index contributed by atoms with van der Waals surface area (Å²) in [6.45, 7) is 21.3. The average molecular weight is 407 g/mol. The lowest BCUT2D eigenvalue weighted by Crippen LogP contribution is -1.98. The maximum Gasteiger partial charge on any atom is -0.00229 e. The topological polar surface area (TPSA) is 0 Å². The standard InChI is InChI=1S/C31H34/c1-21(2)15-24(5)29-10-8-9-27(18-29)17-26(7)31-20-28(13-12-23(31)4)19-30-14-11-22(3)16-25(30)6/h8-14,16,18,20H,1,5,7,15,17,19H2,2-4,6H3. The minimum atomic E-state index is 0.835. The molecule has 0 amide bonds. The summed E-state index contributed by atoms with van der Waals surface area (Å²) in [6, 6.07) is 22.2. The largest absolute Gasteiger partial charge is 0.0998 e. The Bertz CT molecular complexity index is 1140. The van der Waals surface area contributed by atoms with Gasteiger partial charge in [-0.3, -0.25) is 0 Å². The van der Waals surface area contributed by atoms with E-state index in [1.807, 2.05) is 6.92 Å². The van der Waals surface area contributed by atoms with Crippen LogP contribution in [0.15, 0.2) is 86.0 Å². The summed E-state index contributed by atoms with van der Waals surface area (Å²) >= 11 is 0. The minimum absolute atomic E-state index is 0.835. The van der Waals surface area contributed by atoms with E-state index in [2.05, 4.69) is 101 Å². The number of aryl methyl sites for hydroxylation is 3. The zero-order chi connectivity index (χ0) is 22.5. The predicted octanol–water partition coefficient (Wildman–Crippen LogP) is 8.44. The van der Waals surface area contributed by atoms with Crippen molar-refractivity contribution in [1.29, 1.82) is 0 Å². The lowest BCUT2D eigenvalue weighted by molar-refractivity contribution is 1.14. The smallest absolute Gasteiger partial charge is 0.00229 e. The molecular formula is C31H34. The lowest BCUT2D eigenvalue weighted by atomic mass is 9.91. The number of allylic oxidation sites excluding steroid dienone is 3. The molecule has 0 heterocycles. The Morgan fingerprint density at radius 3 is 2.23 bits per heavy atom. The van der Waals surface area contributed by atoms with E-state index in [9.17, 15) is 0 Å². The van der Waals surface area contributed by atoms with Crippen molar-refractivity contribution in [3.63, 3.8) is 0 Å². The third kappa shape index (κ3) is 5.95. The van der Waals surface area contributed by atoms with Crippen LogP contribution in [0.1, 0.15) is 57.9 Å². The van der Waals surface area contributed by atoms with Crippen molar-refractivity contribution in [1.82, 2.24) is 0 Å². The molecule has 0 radical (unpaired) electrons. The SMILES string of the molecule is C=C(C)CC(=C)c1cccc(CC(=C)c2cc(Cc3ccc(C)cc3C)ccc2C)c1. The van der Waals surface area contributed by atoms with Gasteiger partial charge in [0.1, 0.15) is 0 Å². The molecule has 0 unspecified atom stereocenters. The van der Waals surface area contributed by atoms with Crippen molar-refractivity contribution >= 4 is 11.1 Å². The molecule has 31 heavy (non-hydrogen) atoms. The van der Waals surface area contributed by atoms with Gasteiger partial charge in [-0.15, -0.1) is 0 Å². The predicted molar refractivity (Wildman–Crippen MR) is 138 cm³/mol. The van der Waals surface area contributed by atoms with Gasteiger partial charge in [-0.1, -0.05) is 91.5 Å². The Labute approximate surface area is 188 Å². The Hall–Kier alpha value is -3.12. The summed E-state index contributed by atoms with van der Waals surface area (Å²) in [4.78, 5) is 0. The Balaban J connectivity index is 1.80. The van der Waals surface area contributed by atoms with Crippen LogP contribution >= 0.6 is 0 Å². The first-order valence-corrected chi connectivity index (χ1v) is 11.0. The van der Waals surface area contributed by atoms with Gasteiger partial charge in [0.2, 0.25) is 0 Å². The molecule has 0 aliphatic carbocycles. The lowest BCUT2D eigenvalue weighted by Gasteiger charge is -2.14. The van der Waals surface area contributed by atoms with Gasteiger partial charge in [-0.25, -0.2) is 0 Å². The summed E-state index contributed by atoms with van der Waals surface area (Å²) in [5.41, 5.74) is 13.8. The molecule has 0 aliphatic rings. The highest BCUT2D eigenvalue weighted by Gasteiger charge is 2.09. The quantitative estimate of drug-likeness (QED) is 0.329. The molecule has 3 aromatic rings. The van der Waals surface area contributed by atoms with Gasteiger partial charge < -0.3 is 0 Å². The Kier molecular flexibility index (Phi) is 7.13. The van der Waals surface area contributed by atoms with Gasteiger partial charge in [-0.2, -0.15) is 0 Å². The summed E-state index contributed by atoms with van der Waals surface area (Å²) in [5.74, 6) is 0. The van der Waals surface area contributed by atoms with Gasteiger partial charge in [0.25, 0.3) is 0 Å². The molecule has 0 bridgehead atoms. The van der Waals surface area contributed by atoms with Crippen LogP contribution < -0.4 is 0 Å². The average Bonchev–Trinajstić information content (AvgIpc) is 2.71. The Morgan fingerprint density at radius 1 is 0.742 bits per heavy atom. The first-order valence-electron chi connectivity index (χ1n) is 11.0. The van der Waals surface area contributed by atoms with E-state index >= 15 is 0 Å². The zero-order valence-corrected chi connectivity index (χ0v) is 19.5. The van der Waals surface area contributed by atoms with E-state index in [0.717, 1.165) is 36.0 Å². The summed E-state index contributed by atoms with van der Waals surface area (Å²) < 4.78 is 0. The van der Waals surface area contributed by atoms with Crippen LogP contribution in [0, 0.1) is 20.8 Å². The fraction of sp³-hybridized carbons (Fsp3) is 0.226. The van der Waals surface area contributed by atoms with Gasteiger partial charge in [-0.05, 0) is 97.0 Å². The van der Waals surface area contributed by atoms with Crippen LogP contribution in [0.4, 0.5) is 0 Å². The molecular weight excluding hydrogens is 372 g/mol. The highest BCUT2D eigenvalue weighted by Crippen LogP contribution is 2.27. The van der Waals surface area contributed by atoms with Gasteiger partial charge >= 0.3 is 0 Å². The monoisotopic (exact) mass is 406 g/mol. The second-order valence-electron chi connectivity index (χ2n) is 8.97. The zero-order valence-electron chi connectivity index (χ0n) is 19.5. The van der Waals surface area contributed by atoms with Crippen molar-refractivity contribution in [2.75, 3.05) is 0 Å². The molecule has 0 saturated heterocycles. The third-order valence-corrected chi connectivity index (χ3v) is 5.84.